The Labute approximate surface area is 92.8 Å². The van der Waals surface area contributed by atoms with Gasteiger partial charge in [0.2, 0.25) is 0 Å². The van der Waals surface area contributed by atoms with Gasteiger partial charge in [-0.3, -0.25) is 4.79 Å². The van der Waals surface area contributed by atoms with Crippen LogP contribution in [0.15, 0.2) is 30.3 Å². The maximum Gasteiger partial charge on any atom is 0.308 e. The van der Waals surface area contributed by atoms with Crippen molar-refractivity contribution >= 4 is 29.2 Å². The van der Waals surface area contributed by atoms with Crippen molar-refractivity contribution in [1.29, 1.82) is 0 Å². The van der Waals surface area contributed by atoms with Crippen molar-refractivity contribution in [3.63, 3.8) is 0 Å². The molecule has 1 aromatic carbocycles. The smallest absolute Gasteiger partial charge is 0.308 e. The molecule has 76 valence electrons. The van der Waals surface area contributed by atoms with E-state index in [0.29, 0.717) is 5.56 Å². The summed E-state index contributed by atoms with van der Waals surface area (Å²) in [5, 5.41) is 0. The predicted octanol–water partition coefficient (Wildman–Crippen LogP) is 2.88. The molecule has 0 spiro atoms. The zero-order valence-electron chi connectivity index (χ0n) is 7.67. The van der Waals surface area contributed by atoms with Crippen molar-refractivity contribution in [1.82, 2.24) is 0 Å². The highest BCUT2D eigenvalue weighted by molar-refractivity contribution is 6.48. The van der Waals surface area contributed by atoms with Gasteiger partial charge in [0.15, 0.2) is 4.33 Å². The summed E-state index contributed by atoms with van der Waals surface area (Å²) < 4.78 is 3.29. The SMILES string of the molecule is COC(=O)CC(Cl)(Cl)c1ccccc1. The van der Waals surface area contributed by atoms with Crippen molar-refractivity contribution in [2.45, 2.75) is 10.8 Å². The molecule has 0 bridgehead atoms. The fourth-order valence-electron chi connectivity index (χ4n) is 1.04. The second-order valence-corrected chi connectivity index (χ2v) is 4.31. The Morgan fingerprint density at radius 2 is 1.93 bits per heavy atom. The third kappa shape index (κ3) is 2.89. The summed E-state index contributed by atoms with van der Waals surface area (Å²) in [5.74, 6) is -0.432. The normalized spacial score (nSPS) is 11.1. The van der Waals surface area contributed by atoms with Crippen LogP contribution in [0.5, 0.6) is 0 Å². The maximum atomic E-state index is 11.0. The van der Waals surface area contributed by atoms with E-state index < -0.39 is 10.3 Å². The first-order valence-corrected chi connectivity index (χ1v) is 4.82. The third-order valence-corrected chi connectivity index (χ3v) is 2.49. The highest BCUT2D eigenvalue weighted by Crippen LogP contribution is 2.37. The zero-order valence-corrected chi connectivity index (χ0v) is 9.18. The van der Waals surface area contributed by atoms with Gasteiger partial charge in [-0.05, 0) is 5.56 Å². The Morgan fingerprint density at radius 1 is 1.36 bits per heavy atom. The van der Waals surface area contributed by atoms with Gasteiger partial charge in [0, 0.05) is 0 Å². The van der Waals surface area contributed by atoms with Crippen LogP contribution >= 0.6 is 23.2 Å². The Bertz CT molecular complexity index is 309. The molecule has 0 saturated heterocycles. The standard InChI is InChI=1S/C10H10Cl2O2/c1-14-9(13)7-10(11,12)8-5-3-2-4-6-8/h2-6H,7H2,1H3. The molecule has 0 fully saturated rings. The molecule has 0 radical (unpaired) electrons. The number of esters is 1. The van der Waals surface area contributed by atoms with Gasteiger partial charge in [-0.15, -0.1) is 0 Å². The minimum absolute atomic E-state index is 0.0589. The van der Waals surface area contributed by atoms with Gasteiger partial charge in [0.1, 0.15) is 0 Å². The van der Waals surface area contributed by atoms with Crippen LogP contribution in [0, 0.1) is 0 Å². The van der Waals surface area contributed by atoms with E-state index in [-0.39, 0.29) is 6.42 Å². The topological polar surface area (TPSA) is 26.3 Å². The van der Waals surface area contributed by atoms with Crippen LogP contribution in [0.4, 0.5) is 0 Å². The summed E-state index contributed by atoms with van der Waals surface area (Å²) in [6.07, 6.45) is -0.0589. The van der Waals surface area contributed by atoms with Crippen LogP contribution in [0.2, 0.25) is 0 Å². The van der Waals surface area contributed by atoms with Crippen molar-refractivity contribution in [2.24, 2.45) is 0 Å². The molecule has 1 aromatic rings. The number of alkyl halides is 2. The van der Waals surface area contributed by atoms with Crippen LogP contribution in [-0.4, -0.2) is 13.1 Å². The quantitative estimate of drug-likeness (QED) is 0.592. The van der Waals surface area contributed by atoms with Gasteiger partial charge in [-0.2, -0.15) is 0 Å². The number of rotatable bonds is 3. The number of halogens is 2. The molecule has 0 aliphatic rings. The van der Waals surface area contributed by atoms with Crippen LogP contribution in [0.25, 0.3) is 0 Å². The molecule has 0 unspecified atom stereocenters. The minimum Gasteiger partial charge on any atom is -0.469 e. The Balaban J connectivity index is 2.80. The van der Waals surface area contributed by atoms with E-state index >= 15 is 0 Å². The summed E-state index contributed by atoms with van der Waals surface area (Å²) in [6, 6.07) is 9.01. The molecule has 2 nitrogen and oxygen atoms in total. The molecule has 0 saturated carbocycles. The van der Waals surface area contributed by atoms with Crippen LogP contribution in [-0.2, 0) is 13.9 Å². The second-order valence-electron chi connectivity index (χ2n) is 2.82. The summed E-state index contributed by atoms with van der Waals surface area (Å²) >= 11 is 12.0. The molecular weight excluding hydrogens is 223 g/mol. The molecule has 0 heterocycles. The third-order valence-electron chi connectivity index (χ3n) is 1.79. The Hall–Kier alpha value is -0.730. The van der Waals surface area contributed by atoms with Gasteiger partial charge in [0.25, 0.3) is 0 Å². The van der Waals surface area contributed by atoms with Crippen molar-refractivity contribution < 1.29 is 9.53 Å². The lowest BCUT2D eigenvalue weighted by atomic mass is 10.1. The Kier molecular flexibility index (Phi) is 3.78. The lowest BCUT2D eigenvalue weighted by molar-refractivity contribution is -0.140. The van der Waals surface area contributed by atoms with Gasteiger partial charge in [0.05, 0.1) is 13.5 Å². The van der Waals surface area contributed by atoms with Crippen molar-refractivity contribution in [3.05, 3.63) is 35.9 Å². The van der Waals surface area contributed by atoms with E-state index in [4.69, 9.17) is 23.2 Å². The van der Waals surface area contributed by atoms with Gasteiger partial charge in [-0.1, -0.05) is 53.5 Å². The van der Waals surface area contributed by atoms with E-state index in [1.807, 2.05) is 18.2 Å². The molecule has 4 heteroatoms. The van der Waals surface area contributed by atoms with Gasteiger partial charge >= 0.3 is 5.97 Å². The van der Waals surface area contributed by atoms with E-state index in [2.05, 4.69) is 4.74 Å². The first-order chi connectivity index (χ1) is 6.56. The minimum atomic E-state index is -1.21. The molecule has 0 aliphatic carbocycles. The zero-order chi connectivity index (χ0) is 10.6. The molecule has 0 aliphatic heterocycles. The number of carbonyl (C=O) groups is 1. The highest BCUT2D eigenvalue weighted by Gasteiger charge is 2.30. The van der Waals surface area contributed by atoms with E-state index in [1.54, 1.807) is 12.1 Å². The van der Waals surface area contributed by atoms with Crippen molar-refractivity contribution in [3.8, 4) is 0 Å². The average molecular weight is 233 g/mol. The number of hydrogen-bond acceptors (Lipinski definition) is 2. The van der Waals surface area contributed by atoms with Gasteiger partial charge in [-0.25, -0.2) is 0 Å². The summed E-state index contributed by atoms with van der Waals surface area (Å²) in [7, 11) is 1.30. The molecule has 1 rings (SSSR count). The van der Waals surface area contributed by atoms with Crippen molar-refractivity contribution in [2.75, 3.05) is 7.11 Å². The van der Waals surface area contributed by atoms with E-state index in [0.717, 1.165) is 0 Å². The molecule has 0 aromatic heterocycles. The Morgan fingerprint density at radius 3 is 2.43 bits per heavy atom. The molecule has 14 heavy (non-hydrogen) atoms. The monoisotopic (exact) mass is 232 g/mol. The fraction of sp³-hybridized carbons (Fsp3) is 0.300. The molecule has 0 amide bonds. The average Bonchev–Trinajstić information content (AvgIpc) is 2.18. The second kappa shape index (κ2) is 4.67. The predicted molar refractivity (Wildman–Crippen MR) is 56.5 cm³/mol. The first kappa shape index (κ1) is 11.3. The number of hydrogen-bond donors (Lipinski definition) is 0. The lowest BCUT2D eigenvalue weighted by Gasteiger charge is -2.18. The number of benzene rings is 1. The summed E-state index contributed by atoms with van der Waals surface area (Å²) in [5.41, 5.74) is 0.689. The number of ether oxygens (including phenoxy) is 1. The lowest BCUT2D eigenvalue weighted by Crippen LogP contribution is -2.17. The van der Waals surface area contributed by atoms with Crippen LogP contribution in [0.1, 0.15) is 12.0 Å². The summed E-state index contributed by atoms with van der Waals surface area (Å²) in [4.78, 5) is 11.0. The van der Waals surface area contributed by atoms with Crippen LogP contribution < -0.4 is 0 Å². The largest absolute Gasteiger partial charge is 0.469 e. The van der Waals surface area contributed by atoms with Crippen LogP contribution in [0.3, 0.4) is 0 Å². The number of methoxy groups -OCH3 is 1. The van der Waals surface area contributed by atoms with E-state index in [1.165, 1.54) is 7.11 Å². The molecular formula is C10H10Cl2O2. The molecule has 0 N–H and O–H groups in total. The molecule has 0 atom stereocenters. The maximum absolute atomic E-state index is 11.0. The summed E-state index contributed by atoms with van der Waals surface area (Å²) in [6.45, 7) is 0. The van der Waals surface area contributed by atoms with Gasteiger partial charge < -0.3 is 4.74 Å². The first-order valence-electron chi connectivity index (χ1n) is 4.06. The highest BCUT2D eigenvalue weighted by atomic mass is 35.5. The fourth-order valence-corrected chi connectivity index (χ4v) is 1.51. The number of carbonyl (C=O) groups excluding carboxylic acids is 1. The van der Waals surface area contributed by atoms with E-state index in [9.17, 15) is 4.79 Å².